The minimum atomic E-state index is 0.287. The van der Waals surface area contributed by atoms with Crippen LogP contribution in [0.3, 0.4) is 0 Å². The summed E-state index contributed by atoms with van der Waals surface area (Å²) in [5, 5.41) is 1.02. The molecule has 4 rings (SSSR count). The van der Waals surface area contributed by atoms with Gasteiger partial charge in [0, 0.05) is 28.9 Å². The van der Waals surface area contributed by atoms with Gasteiger partial charge in [-0.1, -0.05) is 42.5 Å². The highest BCUT2D eigenvalue weighted by Gasteiger charge is 2.14. The predicted molar refractivity (Wildman–Crippen MR) is 97.4 cm³/mol. The molecule has 0 radical (unpaired) electrons. The molecule has 0 fully saturated rings. The van der Waals surface area contributed by atoms with Crippen molar-refractivity contribution in [2.45, 2.75) is 6.92 Å². The molecule has 2 aromatic heterocycles. The first kappa shape index (κ1) is 14.3. The first-order valence-electron chi connectivity index (χ1n) is 7.76. The second kappa shape index (κ2) is 5.74. The third-order valence-electron chi connectivity index (χ3n) is 4.16. The maximum Gasteiger partial charge on any atom is 0.221 e. The molecule has 0 aliphatic rings. The maximum absolute atomic E-state index is 5.93. The summed E-state index contributed by atoms with van der Waals surface area (Å²) in [4.78, 5) is 13.2. The highest BCUT2D eigenvalue weighted by Crippen LogP contribution is 2.34. The fraction of sp³-hybridized carbons (Fsp3) is 0.0500. The monoisotopic (exact) mass is 312 g/mol. The highest BCUT2D eigenvalue weighted by molar-refractivity contribution is 5.99. The smallest absolute Gasteiger partial charge is 0.221 e. The Morgan fingerprint density at radius 2 is 1.62 bits per heavy atom. The van der Waals surface area contributed by atoms with Gasteiger partial charge < -0.3 is 5.73 Å². The molecule has 4 aromatic rings. The van der Waals surface area contributed by atoms with Gasteiger partial charge in [-0.3, -0.25) is 4.98 Å². The number of anilines is 1. The van der Waals surface area contributed by atoms with Crippen molar-refractivity contribution < 1.29 is 0 Å². The summed E-state index contributed by atoms with van der Waals surface area (Å²) >= 11 is 0. The molecule has 0 saturated heterocycles. The van der Waals surface area contributed by atoms with E-state index in [1.54, 1.807) is 6.20 Å². The van der Waals surface area contributed by atoms with Gasteiger partial charge in [0.05, 0.1) is 11.2 Å². The zero-order chi connectivity index (χ0) is 16.5. The van der Waals surface area contributed by atoms with Gasteiger partial charge in [-0.15, -0.1) is 0 Å². The zero-order valence-electron chi connectivity index (χ0n) is 13.3. The van der Waals surface area contributed by atoms with Crippen molar-refractivity contribution in [1.82, 2.24) is 15.0 Å². The molecule has 2 aromatic carbocycles. The number of nitrogen functional groups attached to an aromatic ring is 1. The summed E-state index contributed by atoms with van der Waals surface area (Å²) in [5.41, 5.74) is 12.0. The average molecular weight is 312 g/mol. The van der Waals surface area contributed by atoms with Crippen LogP contribution in [0.5, 0.6) is 0 Å². The number of hydrogen-bond donors (Lipinski definition) is 1. The lowest BCUT2D eigenvalue weighted by molar-refractivity contribution is 1.23. The van der Waals surface area contributed by atoms with Gasteiger partial charge >= 0.3 is 0 Å². The Bertz CT molecular complexity index is 1010. The van der Waals surface area contributed by atoms with Crippen molar-refractivity contribution >= 4 is 16.9 Å². The van der Waals surface area contributed by atoms with Crippen LogP contribution in [0.25, 0.3) is 33.3 Å². The number of fused-ring (bicyclic) bond motifs is 1. The summed E-state index contributed by atoms with van der Waals surface area (Å²) in [6, 6.07) is 18.1. The summed E-state index contributed by atoms with van der Waals surface area (Å²) in [6.45, 7) is 2.09. The lowest BCUT2D eigenvalue weighted by atomic mass is 9.95. The second-order valence-corrected chi connectivity index (χ2v) is 5.67. The van der Waals surface area contributed by atoms with Crippen molar-refractivity contribution in [2.75, 3.05) is 5.73 Å². The van der Waals surface area contributed by atoms with Crippen LogP contribution >= 0.6 is 0 Å². The Hall–Kier alpha value is -3.27. The summed E-state index contributed by atoms with van der Waals surface area (Å²) in [6.07, 6.45) is 3.65. The van der Waals surface area contributed by atoms with E-state index in [4.69, 9.17) is 5.73 Å². The van der Waals surface area contributed by atoms with Crippen molar-refractivity contribution in [1.29, 1.82) is 0 Å². The van der Waals surface area contributed by atoms with E-state index < -0.39 is 0 Å². The van der Waals surface area contributed by atoms with Gasteiger partial charge in [0.2, 0.25) is 5.95 Å². The Balaban J connectivity index is 2.06. The first-order chi connectivity index (χ1) is 11.7. The lowest BCUT2D eigenvalue weighted by Gasteiger charge is -2.13. The van der Waals surface area contributed by atoms with E-state index >= 15 is 0 Å². The van der Waals surface area contributed by atoms with E-state index in [1.807, 2.05) is 48.7 Å². The predicted octanol–water partition coefficient (Wildman–Crippen LogP) is 4.25. The van der Waals surface area contributed by atoms with Crippen molar-refractivity contribution in [3.63, 3.8) is 0 Å². The van der Waals surface area contributed by atoms with Gasteiger partial charge in [0.15, 0.2) is 0 Å². The van der Waals surface area contributed by atoms with Gasteiger partial charge in [0.1, 0.15) is 0 Å². The van der Waals surface area contributed by atoms with Crippen molar-refractivity contribution in [3.05, 3.63) is 72.6 Å². The lowest BCUT2D eigenvalue weighted by Crippen LogP contribution is -2.00. The molecule has 0 spiro atoms. The molecule has 0 bridgehead atoms. The molecule has 2 N–H and O–H groups in total. The fourth-order valence-electron chi connectivity index (χ4n) is 3.05. The molecule has 0 aliphatic heterocycles. The van der Waals surface area contributed by atoms with Crippen LogP contribution in [-0.2, 0) is 0 Å². The SMILES string of the molecule is Cc1c(-c2cccnc2)ccc2nc(N)nc(-c3ccccc3)c12. The third kappa shape index (κ3) is 2.38. The molecule has 4 heteroatoms. The molecule has 24 heavy (non-hydrogen) atoms. The van der Waals surface area contributed by atoms with Gasteiger partial charge in [-0.25, -0.2) is 9.97 Å². The number of pyridine rings is 1. The summed E-state index contributed by atoms with van der Waals surface area (Å²) in [7, 11) is 0. The molecule has 2 heterocycles. The molecule has 116 valence electrons. The Kier molecular flexibility index (Phi) is 3.43. The molecular formula is C20H16N4. The van der Waals surface area contributed by atoms with Crippen LogP contribution in [0, 0.1) is 6.92 Å². The van der Waals surface area contributed by atoms with Gasteiger partial charge in [0.25, 0.3) is 0 Å². The van der Waals surface area contributed by atoms with Crippen molar-refractivity contribution in [2.24, 2.45) is 0 Å². The molecule has 0 unspecified atom stereocenters. The van der Waals surface area contributed by atoms with E-state index in [0.29, 0.717) is 0 Å². The van der Waals surface area contributed by atoms with Gasteiger partial charge in [-0.05, 0) is 30.2 Å². The molecule has 4 nitrogen and oxygen atoms in total. The van der Waals surface area contributed by atoms with Crippen LogP contribution in [0.15, 0.2) is 67.0 Å². The number of rotatable bonds is 2. The first-order valence-corrected chi connectivity index (χ1v) is 7.76. The molecule has 0 atom stereocenters. The van der Waals surface area contributed by atoms with Crippen LogP contribution in [0.4, 0.5) is 5.95 Å². The maximum atomic E-state index is 5.93. The second-order valence-electron chi connectivity index (χ2n) is 5.67. The minimum Gasteiger partial charge on any atom is -0.368 e. The summed E-state index contributed by atoms with van der Waals surface area (Å²) < 4.78 is 0. The largest absolute Gasteiger partial charge is 0.368 e. The van der Waals surface area contributed by atoms with Crippen LogP contribution in [-0.4, -0.2) is 15.0 Å². The number of hydrogen-bond acceptors (Lipinski definition) is 4. The van der Waals surface area contributed by atoms with Crippen LogP contribution in [0.2, 0.25) is 0 Å². The van der Waals surface area contributed by atoms with E-state index in [1.165, 1.54) is 0 Å². The molecular weight excluding hydrogens is 296 g/mol. The Morgan fingerprint density at radius 3 is 2.38 bits per heavy atom. The standard InChI is InChI=1S/C20H16N4/c1-13-16(15-8-5-11-22-12-15)9-10-17-18(13)19(24-20(21)23-17)14-6-3-2-4-7-14/h2-12H,1H3,(H2,21,23,24). The van der Waals surface area contributed by atoms with E-state index in [2.05, 4.69) is 34.0 Å². The summed E-state index contributed by atoms with van der Waals surface area (Å²) in [5.74, 6) is 0.287. The van der Waals surface area contributed by atoms with E-state index in [-0.39, 0.29) is 5.95 Å². The van der Waals surface area contributed by atoms with Gasteiger partial charge in [-0.2, -0.15) is 0 Å². The normalized spacial score (nSPS) is 10.9. The average Bonchev–Trinajstić information content (AvgIpc) is 2.63. The van der Waals surface area contributed by atoms with E-state index in [9.17, 15) is 0 Å². The van der Waals surface area contributed by atoms with Crippen LogP contribution < -0.4 is 5.73 Å². The fourth-order valence-corrected chi connectivity index (χ4v) is 3.05. The highest BCUT2D eigenvalue weighted by atomic mass is 15.0. The topological polar surface area (TPSA) is 64.7 Å². The number of nitrogens with two attached hydrogens (primary N) is 1. The van der Waals surface area contributed by atoms with Crippen molar-refractivity contribution in [3.8, 4) is 22.4 Å². The number of aryl methyl sites for hydroxylation is 1. The van der Waals surface area contributed by atoms with Crippen LogP contribution in [0.1, 0.15) is 5.56 Å². The molecule has 0 aliphatic carbocycles. The molecule has 0 saturated carbocycles. The number of nitrogens with zero attached hydrogens (tertiary/aromatic N) is 3. The number of aromatic nitrogens is 3. The number of benzene rings is 2. The third-order valence-corrected chi connectivity index (χ3v) is 4.16. The Labute approximate surface area is 140 Å². The Morgan fingerprint density at radius 1 is 0.833 bits per heavy atom. The minimum absolute atomic E-state index is 0.287. The van der Waals surface area contributed by atoms with E-state index in [0.717, 1.165) is 38.9 Å². The quantitative estimate of drug-likeness (QED) is 0.601. The zero-order valence-corrected chi connectivity index (χ0v) is 13.3. The molecule has 0 amide bonds.